The van der Waals surface area contributed by atoms with Gasteiger partial charge in [-0.3, -0.25) is 0 Å². The Bertz CT molecular complexity index is 1380. The van der Waals surface area contributed by atoms with Crippen LogP contribution in [0, 0.1) is 27.7 Å². The molecule has 0 aliphatic rings. The molecule has 7 heteroatoms. The van der Waals surface area contributed by atoms with Crippen molar-refractivity contribution in [2.75, 3.05) is 0 Å². The fourth-order valence-corrected chi connectivity index (χ4v) is 3.64. The van der Waals surface area contributed by atoms with Gasteiger partial charge in [-0.25, -0.2) is 19.2 Å². The molecule has 0 atom stereocenters. The van der Waals surface area contributed by atoms with Gasteiger partial charge in [-0.2, -0.15) is 5.10 Å². The van der Waals surface area contributed by atoms with Crippen molar-refractivity contribution in [2.45, 2.75) is 34.3 Å². The van der Waals surface area contributed by atoms with Crippen molar-refractivity contribution in [1.82, 2.24) is 29.4 Å². The summed E-state index contributed by atoms with van der Waals surface area (Å²) >= 11 is 0. The van der Waals surface area contributed by atoms with E-state index in [1.165, 1.54) is 11.1 Å². The molecule has 0 unspecified atom stereocenters. The van der Waals surface area contributed by atoms with Crippen molar-refractivity contribution in [1.29, 1.82) is 0 Å². The Morgan fingerprint density at radius 3 is 2.47 bits per heavy atom. The lowest BCUT2D eigenvalue weighted by Gasteiger charge is -2.09. The second-order valence-electron chi connectivity index (χ2n) is 7.61. The smallest absolute Gasteiger partial charge is 0.189 e. The van der Waals surface area contributed by atoms with E-state index in [4.69, 9.17) is 4.74 Å². The van der Waals surface area contributed by atoms with Crippen molar-refractivity contribution in [2.24, 2.45) is 0 Å². The summed E-state index contributed by atoms with van der Waals surface area (Å²) in [6, 6.07) is 12.4. The summed E-state index contributed by atoms with van der Waals surface area (Å²) in [5.74, 6) is 1.48. The Morgan fingerprint density at radius 1 is 0.900 bits per heavy atom. The number of hydrogen-bond acceptors (Lipinski definition) is 5. The predicted octanol–water partition coefficient (Wildman–Crippen LogP) is 4.28. The van der Waals surface area contributed by atoms with Crippen LogP contribution in [-0.4, -0.2) is 29.4 Å². The maximum Gasteiger partial charge on any atom is 0.189 e. The van der Waals surface area contributed by atoms with Gasteiger partial charge in [0.05, 0.1) is 17.3 Å². The molecule has 0 N–H and O–H groups in total. The second kappa shape index (κ2) is 6.95. The lowest BCUT2D eigenvalue weighted by atomic mass is 10.1. The second-order valence-corrected chi connectivity index (χ2v) is 7.61. The highest BCUT2D eigenvalue weighted by Crippen LogP contribution is 2.24. The van der Waals surface area contributed by atoms with E-state index in [9.17, 15) is 0 Å². The van der Waals surface area contributed by atoms with Gasteiger partial charge in [0.25, 0.3) is 0 Å². The molecule has 0 amide bonds. The van der Waals surface area contributed by atoms with Crippen LogP contribution in [0.5, 0.6) is 5.75 Å². The predicted molar refractivity (Wildman–Crippen MR) is 115 cm³/mol. The number of nitrogens with zero attached hydrogens (tertiary/aromatic N) is 6. The highest BCUT2D eigenvalue weighted by Gasteiger charge is 2.14. The van der Waals surface area contributed by atoms with Crippen LogP contribution in [0.4, 0.5) is 0 Å². The first-order chi connectivity index (χ1) is 14.5. The average molecular weight is 398 g/mol. The third kappa shape index (κ3) is 2.99. The molecule has 5 rings (SSSR count). The average Bonchev–Trinajstić information content (AvgIpc) is 3.33. The van der Waals surface area contributed by atoms with E-state index in [1.807, 2.05) is 42.8 Å². The van der Waals surface area contributed by atoms with Gasteiger partial charge in [-0.1, -0.05) is 24.3 Å². The molecule has 7 nitrogen and oxygen atoms in total. The van der Waals surface area contributed by atoms with Crippen LogP contribution in [0.3, 0.4) is 0 Å². The van der Waals surface area contributed by atoms with Crippen molar-refractivity contribution in [3.63, 3.8) is 0 Å². The molecule has 0 aliphatic heterocycles. The van der Waals surface area contributed by atoms with E-state index in [1.54, 1.807) is 17.0 Å². The molecule has 0 saturated heterocycles. The highest BCUT2D eigenvalue weighted by molar-refractivity contribution is 5.89. The Labute approximate surface area is 174 Å². The number of rotatable bonds is 4. The summed E-state index contributed by atoms with van der Waals surface area (Å²) in [7, 11) is 0. The number of fused-ring (bicyclic) bond motifs is 3. The minimum absolute atomic E-state index is 0.292. The molecule has 0 fully saturated rings. The fourth-order valence-electron chi connectivity index (χ4n) is 3.64. The van der Waals surface area contributed by atoms with Crippen LogP contribution < -0.4 is 4.74 Å². The maximum absolute atomic E-state index is 6.01. The van der Waals surface area contributed by atoms with E-state index in [-0.39, 0.29) is 0 Å². The van der Waals surface area contributed by atoms with Crippen LogP contribution in [-0.2, 0) is 6.61 Å². The van der Waals surface area contributed by atoms with E-state index in [0.717, 1.165) is 39.2 Å². The first-order valence-corrected chi connectivity index (χ1v) is 9.86. The first-order valence-electron chi connectivity index (χ1n) is 9.86. The number of para-hydroxylation sites is 1. The molecule has 0 spiro atoms. The van der Waals surface area contributed by atoms with E-state index in [2.05, 4.69) is 46.1 Å². The number of aromatic nitrogens is 6. The van der Waals surface area contributed by atoms with Crippen LogP contribution in [0.15, 0.2) is 48.9 Å². The number of hydrogen-bond donors (Lipinski definition) is 0. The van der Waals surface area contributed by atoms with Crippen LogP contribution in [0.25, 0.3) is 22.4 Å². The van der Waals surface area contributed by atoms with Gasteiger partial charge in [0, 0.05) is 0 Å². The zero-order valence-corrected chi connectivity index (χ0v) is 17.4. The van der Waals surface area contributed by atoms with Gasteiger partial charge in [0.15, 0.2) is 17.1 Å². The Kier molecular flexibility index (Phi) is 4.24. The molecule has 30 heavy (non-hydrogen) atoms. The Balaban J connectivity index is 1.51. The van der Waals surface area contributed by atoms with E-state index >= 15 is 0 Å². The quantitative estimate of drug-likeness (QED) is 0.452. The molecule has 2 aromatic carbocycles. The SMILES string of the molecule is Cc1ccc(-n2ncc3c2ncn2nc(COc4c(C)cccc4C)nc32)cc1C. The zero-order valence-electron chi connectivity index (χ0n) is 17.4. The summed E-state index contributed by atoms with van der Waals surface area (Å²) in [6.07, 6.45) is 3.46. The summed E-state index contributed by atoms with van der Waals surface area (Å²) < 4.78 is 9.53. The number of aryl methyl sites for hydroxylation is 4. The van der Waals surface area contributed by atoms with Crippen molar-refractivity contribution in [3.8, 4) is 11.4 Å². The van der Waals surface area contributed by atoms with Crippen molar-refractivity contribution in [3.05, 3.63) is 77.0 Å². The van der Waals surface area contributed by atoms with Crippen LogP contribution in [0.1, 0.15) is 28.1 Å². The molecule has 0 aliphatic carbocycles. The normalized spacial score (nSPS) is 11.5. The molecule has 150 valence electrons. The third-order valence-electron chi connectivity index (χ3n) is 5.44. The Hall–Kier alpha value is -3.74. The summed E-state index contributed by atoms with van der Waals surface area (Å²) in [6.45, 7) is 8.56. The van der Waals surface area contributed by atoms with Crippen molar-refractivity contribution < 1.29 is 4.74 Å². The minimum atomic E-state index is 0.292. The van der Waals surface area contributed by atoms with Gasteiger partial charge in [0.2, 0.25) is 0 Å². The number of ether oxygens (including phenoxy) is 1. The van der Waals surface area contributed by atoms with E-state index in [0.29, 0.717) is 12.4 Å². The summed E-state index contributed by atoms with van der Waals surface area (Å²) in [4.78, 5) is 9.27. The molecule has 0 saturated carbocycles. The molecular formula is C23H22N6O. The zero-order chi connectivity index (χ0) is 20.8. The summed E-state index contributed by atoms with van der Waals surface area (Å²) in [5, 5.41) is 9.93. The van der Waals surface area contributed by atoms with E-state index < -0.39 is 0 Å². The van der Waals surface area contributed by atoms with Crippen LogP contribution >= 0.6 is 0 Å². The maximum atomic E-state index is 6.01. The molecule has 0 radical (unpaired) electrons. The standard InChI is InChI=1S/C23H22N6O/c1-14-8-9-18(10-17(14)4)29-22-19(11-25-29)23-26-20(27-28(23)13-24-22)12-30-21-15(2)6-5-7-16(21)3/h5-11,13H,12H2,1-4H3. The molecular weight excluding hydrogens is 376 g/mol. The highest BCUT2D eigenvalue weighted by atomic mass is 16.5. The minimum Gasteiger partial charge on any atom is -0.485 e. The molecule has 3 heterocycles. The lowest BCUT2D eigenvalue weighted by Crippen LogP contribution is -2.01. The van der Waals surface area contributed by atoms with Gasteiger partial charge >= 0.3 is 0 Å². The van der Waals surface area contributed by atoms with Crippen molar-refractivity contribution >= 4 is 16.7 Å². The number of benzene rings is 2. The third-order valence-corrected chi connectivity index (χ3v) is 5.44. The molecule has 0 bridgehead atoms. The first kappa shape index (κ1) is 18.3. The fraction of sp³-hybridized carbons (Fsp3) is 0.217. The lowest BCUT2D eigenvalue weighted by molar-refractivity contribution is 0.292. The molecule has 5 aromatic rings. The summed E-state index contributed by atoms with van der Waals surface area (Å²) in [5.41, 5.74) is 7.09. The monoisotopic (exact) mass is 398 g/mol. The molecule has 3 aromatic heterocycles. The van der Waals surface area contributed by atoms with Gasteiger partial charge in [-0.15, -0.1) is 5.10 Å². The Morgan fingerprint density at radius 2 is 1.70 bits per heavy atom. The van der Waals surface area contributed by atoms with Gasteiger partial charge < -0.3 is 4.74 Å². The topological polar surface area (TPSA) is 70.1 Å². The van der Waals surface area contributed by atoms with Crippen LogP contribution in [0.2, 0.25) is 0 Å². The largest absolute Gasteiger partial charge is 0.485 e. The van der Waals surface area contributed by atoms with Gasteiger partial charge in [0.1, 0.15) is 18.7 Å². The van der Waals surface area contributed by atoms with Gasteiger partial charge in [-0.05, 0) is 62.1 Å².